The largest absolute Gasteiger partial charge is 0.384 e. The molecule has 0 aliphatic carbocycles. The Bertz CT molecular complexity index is 631. The first-order valence-electron chi connectivity index (χ1n) is 6.86. The maximum Gasteiger partial charge on any atom is 0.185 e. The third kappa shape index (κ3) is 2.97. The highest BCUT2D eigenvalue weighted by atomic mass is 32.1. The van der Waals surface area contributed by atoms with Gasteiger partial charge in [-0.05, 0) is 19.1 Å². The number of nitrogen functional groups attached to an aromatic ring is 1. The van der Waals surface area contributed by atoms with Crippen LogP contribution in [0.5, 0.6) is 0 Å². The third-order valence-electron chi connectivity index (χ3n) is 3.54. The van der Waals surface area contributed by atoms with Crippen molar-refractivity contribution in [2.45, 2.75) is 6.92 Å². The second kappa shape index (κ2) is 5.69. The molecule has 1 aliphatic heterocycles. The predicted molar refractivity (Wildman–Crippen MR) is 86.5 cm³/mol. The predicted octanol–water partition coefficient (Wildman–Crippen LogP) is 1.46. The molecule has 0 saturated carbocycles. The second-order valence-electron chi connectivity index (χ2n) is 5.06. The van der Waals surface area contributed by atoms with E-state index < -0.39 is 0 Å². The van der Waals surface area contributed by atoms with E-state index in [4.69, 9.17) is 11.1 Å². The molecule has 2 aromatic heterocycles. The molecule has 1 saturated heterocycles. The molecule has 3 rings (SSSR count). The molecule has 0 radical (unpaired) electrons. The number of rotatable bonds is 3. The van der Waals surface area contributed by atoms with Gasteiger partial charge < -0.3 is 15.5 Å². The van der Waals surface area contributed by atoms with E-state index in [9.17, 15) is 0 Å². The number of nitrogens with two attached hydrogens (primary N) is 1. The minimum Gasteiger partial charge on any atom is -0.384 e. The van der Waals surface area contributed by atoms with Crippen LogP contribution < -0.4 is 15.5 Å². The topological polar surface area (TPSA) is 82.1 Å². The molecule has 21 heavy (non-hydrogen) atoms. The van der Waals surface area contributed by atoms with Gasteiger partial charge in [0.15, 0.2) is 5.13 Å². The molecule has 110 valence electrons. The molecule has 0 bridgehead atoms. The molecule has 3 N–H and O–H groups in total. The number of thiazole rings is 1. The molecule has 2 aromatic rings. The van der Waals surface area contributed by atoms with Crippen LogP contribution in [-0.2, 0) is 0 Å². The van der Waals surface area contributed by atoms with E-state index in [0.717, 1.165) is 48.4 Å². The lowest BCUT2D eigenvalue weighted by Gasteiger charge is -2.35. The monoisotopic (exact) mass is 302 g/mol. The van der Waals surface area contributed by atoms with Crippen molar-refractivity contribution in [1.29, 1.82) is 5.41 Å². The lowest BCUT2D eigenvalue weighted by Crippen LogP contribution is -2.46. The van der Waals surface area contributed by atoms with Crippen molar-refractivity contribution < 1.29 is 0 Å². The van der Waals surface area contributed by atoms with Crippen molar-refractivity contribution in [2.24, 2.45) is 5.73 Å². The zero-order valence-electron chi connectivity index (χ0n) is 11.9. The highest BCUT2D eigenvalue weighted by molar-refractivity contribution is 7.13. The Morgan fingerprint density at radius 2 is 1.95 bits per heavy atom. The van der Waals surface area contributed by atoms with Gasteiger partial charge in [0.05, 0.1) is 0 Å². The Morgan fingerprint density at radius 3 is 2.57 bits per heavy atom. The molecule has 6 nitrogen and oxygen atoms in total. The van der Waals surface area contributed by atoms with Crippen LogP contribution in [0.3, 0.4) is 0 Å². The minimum atomic E-state index is 0.0863. The number of nitrogens with one attached hydrogen (secondary N) is 1. The van der Waals surface area contributed by atoms with E-state index in [-0.39, 0.29) is 5.84 Å². The van der Waals surface area contributed by atoms with Gasteiger partial charge >= 0.3 is 0 Å². The molecule has 0 unspecified atom stereocenters. The zero-order chi connectivity index (χ0) is 14.8. The summed E-state index contributed by atoms with van der Waals surface area (Å²) in [6.07, 6.45) is 1.84. The summed E-state index contributed by atoms with van der Waals surface area (Å²) in [6.45, 7) is 5.58. The Balaban J connectivity index is 1.73. The molecule has 0 aromatic carbocycles. The first-order valence-corrected chi connectivity index (χ1v) is 7.74. The number of aryl methyl sites for hydroxylation is 1. The van der Waals surface area contributed by atoms with Crippen LogP contribution in [0.25, 0.3) is 0 Å². The van der Waals surface area contributed by atoms with Gasteiger partial charge in [0.1, 0.15) is 11.7 Å². The molecular weight excluding hydrogens is 284 g/mol. The number of hydrogen-bond donors (Lipinski definition) is 2. The average Bonchev–Trinajstić information content (AvgIpc) is 3.01. The van der Waals surface area contributed by atoms with Crippen LogP contribution >= 0.6 is 11.3 Å². The van der Waals surface area contributed by atoms with Crippen molar-refractivity contribution in [1.82, 2.24) is 9.97 Å². The number of pyridine rings is 1. The molecule has 1 fully saturated rings. The van der Waals surface area contributed by atoms with E-state index in [1.807, 2.05) is 30.6 Å². The van der Waals surface area contributed by atoms with Crippen molar-refractivity contribution in [2.75, 3.05) is 36.0 Å². The molecule has 1 aliphatic rings. The fourth-order valence-corrected chi connectivity index (χ4v) is 3.16. The van der Waals surface area contributed by atoms with Crippen molar-refractivity contribution in [3.05, 3.63) is 35.0 Å². The van der Waals surface area contributed by atoms with Crippen LogP contribution in [0.2, 0.25) is 0 Å². The third-order valence-corrected chi connectivity index (χ3v) is 4.38. The van der Waals surface area contributed by atoms with E-state index in [1.165, 1.54) is 0 Å². The van der Waals surface area contributed by atoms with Gasteiger partial charge in [0.25, 0.3) is 0 Å². The molecule has 0 spiro atoms. The summed E-state index contributed by atoms with van der Waals surface area (Å²) in [5.41, 5.74) is 7.21. The average molecular weight is 302 g/mol. The number of aromatic nitrogens is 2. The van der Waals surface area contributed by atoms with Gasteiger partial charge in [0, 0.05) is 49.0 Å². The number of nitrogens with zero attached hydrogens (tertiary/aromatic N) is 4. The smallest absolute Gasteiger partial charge is 0.185 e. The zero-order valence-corrected chi connectivity index (χ0v) is 12.7. The van der Waals surface area contributed by atoms with Crippen LogP contribution in [0.1, 0.15) is 11.3 Å². The number of anilines is 2. The van der Waals surface area contributed by atoms with Gasteiger partial charge in [-0.2, -0.15) is 0 Å². The highest BCUT2D eigenvalue weighted by Gasteiger charge is 2.20. The first-order chi connectivity index (χ1) is 10.1. The fourth-order valence-electron chi connectivity index (χ4n) is 2.47. The number of amidine groups is 1. The fraction of sp³-hybridized carbons (Fsp3) is 0.357. The summed E-state index contributed by atoms with van der Waals surface area (Å²) in [4.78, 5) is 13.5. The SMILES string of the molecule is Cc1cc(C(=N)N)cc(N2CCN(c3nccs3)CC2)n1. The first kappa shape index (κ1) is 13.8. The van der Waals surface area contributed by atoms with E-state index in [1.54, 1.807) is 11.3 Å². The lowest BCUT2D eigenvalue weighted by atomic mass is 10.2. The van der Waals surface area contributed by atoms with Crippen LogP contribution in [0, 0.1) is 12.3 Å². The molecule has 0 atom stereocenters. The van der Waals surface area contributed by atoms with Crippen molar-refractivity contribution in [3.8, 4) is 0 Å². The normalized spacial score (nSPS) is 15.3. The van der Waals surface area contributed by atoms with Gasteiger partial charge in [-0.3, -0.25) is 5.41 Å². The van der Waals surface area contributed by atoms with Crippen LogP contribution in [-0.4, -0.2) is 42.0 Å². The Kier molecular flexibility index (Phi) is 3.74. The maximum atomic E-state index is 7.59. The molecule has 0 amide bonds. The van der Waals surface area contributed by atoms with E-state index >= 15 is 0 Å². The highest BCUT2D eigenvalue weighted by Crippen LogP contribution is 2.22. The Labute approximate surface area is 127 Å². The molecule has 7 heteroatoms. The number of hydrogen-bond acceptors (Lipinski definition) is 6. The summed E-state index contributed by atoms with van der Waals surface area (Å²) in [6, 6.07) is 3.74. The van der Waals surface area contributed by atoms with Crippen LogP contribution in [0.4, 0.5) is 10.9 Å². The van der Waals surface area contributed by atoms with Gasteiger partial charge in [-0.15, -0.1) is 11.3 Å². The summed E-state index contributed by atoms with van der Waals surface area (Å²) in [5, 5.41) is 10.7. The van der Waals surface area contributed by atoms with Gasteiger partial charge in [-0.1, -0.05) is 0 Å². The van der Waals surface area contributed by atoms with E-state index in [0.29, 0.717) is 0 Å². The van der Waals surface area contributed by atoms with Crippen LogP contribution in [0.15, 0.2) is 23.7 Å². The molecule has 3 heterocycles. The van der Waals surface area contributed by atoms with Gasteiger partial charge in [-0.25, -0.2) is 9.97 Å². The summed E-state index contributed by atoms with van der Waals surface area (Å²) in [5.74, 6) is 0.988. The quantitative estimate of drug-likeness (QED) is 0.662. The standard InChI is InChI=1S/C14H18N6S/c1-10-8-11(13(15)16)9-12(18-10)19-3-5-20(6-4-19)14-17-2-7-21-14/h2,7-9H,3-6H2,1H3,(H3,15,16). The molecular formula is C14H18N6S. The lowest BCUT2D eigenvalue weighted by molar-refractivity contribution is 0.645. The maximum absolute atomic E-state index is 7.59. The van der Waals surface area contributed by atoms with Crippen molar-refractivity contribution in [3.63, 3.8) is 0 Å². The second-order valence-corrected chi connectivity index (χ2v) is 5.93. The summed E-state index contributed by atoms with van der Waals surface area (Å²) < 4.78 is 0. The van der Waals surface area contributed by atoms with Gasteiger partial charge in [0.2, 0.25) is 0 Å². The Hall–Kier alpha value is -2.15. The van der Waals surface area contributed by atoms with E-state index in [2.05, 4.69) is 19.8 Å². The number of piperazine rings is 1. The minimum absolute atomic E-state index is 0.0863. The Morgan fingerprint density at radius 1 is 1.24 bits per heavy atom. The summed E-state index contributed by atoms with van der Waals surface area (Å²) in [7, 11) is 0. The summed E-state index contributed by atoms with van der Waals surface area (Å²) >= 11 is 1.67. The van der Waals surface area contributed by atoms with Crippen molar-refractivity contribution >= 4 is 28.1 Å².